The number of likely N-dealkylation sites (tertiary alicyclic amines) is 1. The number of fused-ring (bicyclic) bond motifs is 2. The molecule has 1 aromatic carbocycles. The van der Waals surface area contributed by atoms with Gasteiger partial charge in [-0.2, -0.15) is 0 Å². The van der Waals surface area contributed by atoms with E-state index >= 15 is 0 Å². The SMILES string of the molecule is CCc1nc2ccccc2cc1C(=O)N[C@@H]1[C@H]2CCN(C(=O)CC(C)CC)[C@H]21. The van der Waals surface area contributed by atoms with Crippen LogP contribution in [-0.4, -0.2) is 40.3 Å². The van der Waals surface area contributed by atoms with Crippen molar-refractivity contribution in [1.29, 1.82) is 0 Å². The minimum absolute atomic E-state index is 0.0659. The van der Waals surface area contributed by atoms with Crippen molar-refractivity contribution in [2.45, 2.75) is 58.5 Å². The Kier molecular flexibility index (Phi) is 5.09. The first-order valence-corrected chi connectivity index (χ1v) is 10.5. The molecule has 0 radical (unpaired) electrons. The molecule has 4 atom stereocenters. The maximum absolute atomic E-state index is 13.0. The van der Waals surface area contributed by atoms with E-state index in [0.29, 0.717) is 30.2 Å². The molecule has 2 aliphatic rings. The number of amides is 2. The summed E-state index contributed by atoms with van der Waals surface area (Å²) in [6.07, 6.45) is 3.32. The van der Waals surface area contributed by atoms with E-state index in [-0.39, 0.29) is 23.9 Å². The van der Waals surface area contributed by atoms with E-state index in [0.717, 1.165) is 36.0 Å². The molecule has 2 heterocycles. The number of nitrogens with zero attached hydrogens (tertiary/aromatic N) is 2. The minimum Gasteiger partial charge on any atom is -0.347 e. The topological polar surface area (TPSA) is 62.3 Å². The number of aryl methyl sites for hydroxylation is 1. The Labute approximate surface area is 166 Å². The standard InChI is InChI=1S/C23H29N3O2/c1-4-14(3)12-20(27)26-11-10-16-21(22(16)26)25-23(28)17-13-15-8-6-7-9-19(15)24-18(17)5-2/h6-9,13-14,16,21-22H,4-5,10-12H2,1-3H3,(H,25,28)/t14?,16-,21-,22-/m1/s1. The van der Waals surface area contributed by atoms with Crippen molar-refractivity contribution in [3.8, 4) is 0 Å². The molecule has 0 bridgehead atoms. The van der Waals surface area contributed by atoms with Crippen LogP contribution in [0.1, 0.15) is 56.1 Å². The van der Waals surface area contributed by atoms with Gasteiger partial charge in [0.2, 0.25) is 5.91 Å². The van der Waals surface area contributed by atoms with Gasteiger partial charge in [-0.25, -0.2) is 0 Å². The lowest BCUT2D eigenvalue weighted by atomic mass is 10.0. The van der Waals surface area contributed by atoms with Crippen LogP contribution in [0.25, 0.3) is 10.9 Å². The van der Waals surface area contributed by atoms with Crippen molar-refractivity contribution < 1.29 is 9.59 Å². The first-order chi connectivity index (χ1) is 13.5. The van der Waals surface area contributed by atoms with Gasteiger partial charge >= 0.3 is 0 Å². The Morgan fingerprint density at radius 2 is 2.07 bits per heavy atom. The van der Waals surface area contributed by atoms with E-state index in [4.69, 9.17) is 0 Å². The van der Waals surface area contributed by atoms with E-state index in [9.17, 15) is 9.59 Å². The fourth-order valence-electron chi connectivity index (χ4n) is 4.46. The number of para-hydroxylation sites is 1. The number of aromatic nitrogens is 1. The number of piperidine rings is 1. The van der Waals surface area contributed by atoms with Crippen LogP contribution in [0.2, 0.25) is 0 Å². The third-order valence-corrected chi connectivity index (χ3v) is 6.41. The average Bonchev–Trinajstić information content (AvgIpc) is 3.18. The third kappa shape index (κ3) is 3.38. The van der Waals surface area contributed by atoms with E-state index in [1.165, 1.54) is 0 Å². The fourth-order valence-corrected chi connectivity index (χ4v) is 4.46. The summed E-state index contributed by atoms with van der Waals surface area (Å²) in [5.74, 6) is 0.987. The van der Waals surface area contributed by atoms with E-state index < -0.39 is 0 Å². The number of nitrogens with one attached hydrogen (secondary N) is 1. The quantitative estimate of drug-likeness (QED) is 0.835. The molecular formula is C23H29N3O2. The molecule has 148 valence electrons. The predicted molar refractivity (Wildman–Crippen MR) is 110 cm³/mol. The first-order valence-electron chi connectivity index (χ1n) is 10.5. The molecule has 28 heavy (non-hydrogen) atoms. The summed E-state index contributed by atoms with van der Waals surface area (Å²) in [5.41, 5.74) is 2.40. The molecule has 2 fully saturated rings. The Balaban J connectivity index is 1.47. The van der Waals surface area contributed by atoms with Gasteiger partial charge in [0.05, 0.1) is 28.9 Å². The van der Waals surface area contributed by atoms with Gasteiger partial charge in [-0.3, -0.25) is 14.6 Å². The van der Waals surface area contributed by atoms with E-state index in [1.54, 1.807) is 0 Å². The lowest BCUT2D eigenvalue weighted by molar-refractivity contribution is -0.132. The summed E-state index contributed by atoms with van der Waals surface area (Å²) in [6, 6.07) is 10.1. The van der Waals surface area contributed by atoms with Crippen molar-refractivity contribution in [1.82, 2.24) is 15.2 Å². The number of carbonyl (C=O) groups is 2. The highest BCUT2D eigenvalue weighted by Crippen LogP contribution is 2.45. The summed E-state index contributed by atoms with van der Waals surface area (Å²) in [5, 5.41) is 4.17. The number of benzene rings is 1. The van der Waals surface area contributed by atoms with Crippen LogP contribution in [0.4, 0.5) is 0 Å². The minimum atomic E-state index is -0.0659. The van der Waals surface area contributed by atoms with Gasteiger partial charge in [-0.05, 0) is 30.9 Å². The molecule has 5 heteroatoms. The first kappa shape index (κ1) is 18.9. The number of hydrogen-bond acceptors (Lipinski definition) is 3. The molecule has 2 amide bonds. The van der Waals surface area contributed by atoms with Crippen LogP contribution < -0.4 is 5.32 Å². The molecule has 1 saturated carbocycles. The highest BCUT2D eigenvalue weighted by atomic mass is 16.2. The van der Waals surface area contributed by atoms with Crippen LogP contribution in [0.5, 0.6) is 0 Å². The van der Waals surface area contributed by atoms with Crippen molar-refractivity contribution >= 4 is 22.7 Å². The number of rotatable bonds is 6. The van der Waals surface area contributed by atoms with Crippen LogP contribution in [0.15, 0.2) is 30.3 Å². The van der Waals surface area contributed by atoms with Gasteiger partial charge < -0.3 is 10.2 Å². The third-order valence-electron chi connectivity index (χ3n) is 6.41. The molecule has 4 rings (SSSR count). The van der Waals surface area contributed by atoms with Crippen molar-refractivity contribution in [3.05, 3.63) is 41.6 Å². The Morgan fingerprint density at radius 1 is 1.29 bits per heavy atom. The zero-order valence-electron chi connectivity index (χ0n) is 16.9. The molecule has 1 unspecified atom stereocenters. The number of hydrogen-bond donors (Lipinski definition) is 1. The maximum Gasteiger partial charge on any atom is 0.253 e. The molecule has 1 aromatic heterocycles. The van der Waals surface area contributed by atoms with Gasteiger partial charge in [0.25, 0.3) is 5.91 Å². The number of carbonyl (C=O) groups excluding carboxylic acids is 2. The Bertz CT molecular complexity index is 910. The van der Waals surface area contributed by atoms with Crippen molar-refractivity contribution in [2.75, 3.05) is 6.54 Å². The predicted octanol–water partition coefficient (Wildman–Crippen LogP) is 3.56. The smallest absolute Gasteiger partial charge is 0.253 e. The average molecular weight is 380 g/mol. The Morgan fingerprint density at radius 3 is 2.82 bits per heavy atom. The summed E-state index contributed by atoms with van der Waals surface area (Å²) in [4.78, 5) is 32.3. The van der Waals surface area contributed by atoms with Gasteiger partial charge in [0.15, 0.2) is 0 Å². The van der Waals surface area contributed by atoms with Crippen LogP contribution in [-0.2, 0) is 11.2 Å². The van der Waals surface area contributed by atoms with E-state index in [1.807, 2.05) is 42.2 Å². The van der Waals surface area contributed by atoms with Crippen molar-refractivity contribution in [3.63, 3.8) is 0 Å². The van der Waals surface area contributed by atoms with E-state index in [2.05, 4.69) is 24.1 Å². The second kappa shape index (κ2) is 7.53. The van der Waals surface area contributed by atoms with Gasteiger partial charge in [0, 0.05) is 24.3 Å². The summed E-state index contributed by atoms with van der Waals surface area (Å²) >= 11 is 0. The van der Waals surface area contributed by atoms with Gasteiger partial charge in [-0.1, -0.05) is 45.4 Å². The van der Waals surface area contributed by atoms with Crippen LogP contribution >= 0.6 is 0 Å². The molecule has 1 aliphatic carbocycles. The summed E-state index contributed by atoms with van der Waals surface area (Å²) < 4.78 is 0. The van der Waals surface area contributed by atoms with Crippen molar-refractivity contribution in [2.24, 2.45) is 11.8 Å². The zero-order valence-corrected chi connectivity index (χ0v) is 16.9. The molecule has 1 aliphatic heterocycles. The van der Waals surface area contributed by atoms with Gasteiger partial charge in [0.1, 0.15) is 0 Å². The Hall–Kier alpha value is -2.43. The molecule has 1 saturated heterocycles. The molecule has 1 N–H and O–H groups in total. The lowest BCUT2D eigenvalue weighted by Gasteiger charge is -2.22. The largest absolute Gasteiger partial charge is 0.347 e. The molecule has 0 spiro atoms. The second-order valence-corrected chi connectivity index (χ2v) is 8.28. The lowest BCUT2D eigenvalue weighted by Crippen LogP contribution is -2.39. The molecule has 2 aromatic rings. The summed E-state index contributed by atoms with van der Waals surface area (Å²) in [7, 11) is 0. The van der Waals surface area contributed by atoms with Gasteiger partial charge in [-0.15, -0.1) is 0 Å². The van der Waals surface area contributed by atoms with Crippen LogP contribution in [0, 0.1) is 11.8 Å². The second-order valence-electron chi connectivity index (χ2n) is 8.28. The number of pyridine rings is 1. The highest BCUT2D eigenvalue weighted by molar-refractivity contribution is 5.99. The summed E-state index contributed by atoms with van der Waals surface area (Å²) in [6.45, 7) is 7.09. The zero-order chi connectivity index (χ0) is 19.8. The monoisotopic (exact) mass is 379 g/mol. The fraction of sp³-hybridized carbons (Fsp3) is 0.522. The molecular weight excluding hydrogens is 350 g/mol. The normalized spacial score (nSPS) is 24.1. The highest BCUT2D eigenvalue weighted by Gasteiger charge is 2.59. The maximum atomic E-state index is 13.0. The van der Waals surface area contributed by atoms with Crippen LogP contribution in [0.3, 0.4) is 0 Å². The molecule has 5 nitrogen and oxygen atoms in total.